The zero-order valence-corrected chi connectivity index (χ0v) is 32.5. The molecule has 15 heteroatoms. The third-order valence-corrected chi connectivity index (χ3v) is 9.45. The Bertz CT molecular complexity index is 2160. The van der Waals surface area contributed by atoms with E-state index in [9.17, 15) is 14.9 Å². The maximum atomic E-state index is 12.6. The average Bonchev–Trinajstić information content (AvgIpc) is 3.99. The number of amides is 1. The normalized spacial score (nSPS) is 14.0. The van der Waals surface area contributed by atoms with Crippen molar-refractivity contribution in [2.75, 3.05) is 54.7 Å². The lowest BCUT2D eigenvalue weighted by Gasteiger charge is -2.30. The van der Waals surface area contributed by atoms with Gasteiger partial charge >= 0.3 is 12.1 Å². The molecule has 1 amide bonds. The maximum Gasteiger partial charge on any atom is 0.424 e. The molecule has 5 aromatic rings. The fraction of sp³-hybridized carbons (Fsp3) is 0.333. The first-order chi connectivity index (χ1) is 27.8. The Hall–Kier alpha value is -6.52. The number of rotatable bonds is 7. The highest BCUT2D eigenvalue weighted by Crippen LogP contribution is 2.27. The van der Waals surface area contributed by atoms with Crippen LogP contribution in [0, 0.1) is 22.7 Å². The van der Waals surface area contributed by atoms with Gasteiger partial charge in [0.1, 0.15) is 42.0 Å². The summed E-state index contributed by atoms with van der Waals surface area (Å²) in [7, 11) is 6.84. The Morgan fingerprint density at radius 1 is 0.772 bits per heavy atom. The van der Waals surface area contributed by atoms with Crippen LogP contribution in [-0.2, 0) is 9.47 Å². The van der Waals surface area contributed by atoms with Crippen LogP contribution in [0.1, 0.15) is 36.8 Å². The number of aromatic nitrogens is 4. The summed E-state index contributed by atoms with van der Waals surface area (Å²) in [6.45, 7) is 3.23. The molecule has 296 valence electrons. The van der Waals surface area contributed by atoms with E-state index in [-0.39, 0.29) is 12.1 Å². The molecule has 2 aliphatic heterocycles. The SMILES string of the molecule is CNC1CCOCC1.COc1ccc(-c2cn(C(=O)N(C)C3CCOCC3)cn2)cc1C#N.COc1ccc(-c2cn(C(=O)Oc3ccccc3)cn2)cc1C#N. The molecule has 2 saturated heterocycles. The number of carbonyl (C=O) groups excluding carboxylic acids is 2. The standard InChI is InChI=1S/C18H20N4O3.C18H13N3O3.C6H13NO/c1-21(15-5-7-25-8-6-15)18(23)22-11-16(20-12-22)13-3-4-17(24-2)14(9-13)10-19;1-23-17-8-7-13(9-14(17)10-19)16-11-21(12-20-16)18(22)24-15-5-3-2-4-6-15;1-7-6-2-4-8-5-3-6/h3-4,9,11-12,15H,5-8H2,1-2H3;2-9,11-12H,1H3;6-7H,2-5H2,1H3. The molecule has 0 spiro atoms. The molecule has 7 rings (SSSR count). The molecule has 0 bridgehead atoms. The van der Waals surface area contributed by atoms with Gasteiger partial charge in [-0.3, -0.25) is 4.57 Å². The van der Waals surface area contributed by atoms with Crippen LogP contribution in [-0.4, -0.2) is 103 Å². The van der Waals surface area contributed by atoms with E-state index >= 15 is 0 Å². The van der Waals surface area contributed by atoms with Crippen molar-refractivity contribution in [3.05, 3.63) is 103 Å². The highest BCUT2D eigenvalue weighted by atomic mass is 16.6. The van der Waals surface area contributed by atoms with Crippen LogP contribution in [0.25, 0.3) is 22.5 Å². The van der Waals surface area contributed by atoms with Gasteiger partial charge in [-0.1, -0.05) is 18.2 Å². The largest absolute Gasteiger partial charge is 0.495 e. The molecule has 0 atom stereocenters. The molecule has 2 fully saturated rings. The van der Waals surface area contributed by atoms with Crippen molar-refractivity contribution >= 4 is 12.1 Å². The molecular weight excluding hydrogens is 729 g/mol. The number of nitriles is 2. The van der Waals surface area contributed by atoms with E-state index < -0.39 is 6.09 Å². The highest BCUT2D eigenvalue weighted by molar-refractivity contribution is 5.78. The van der Waals surface area contributed by atoms with E-state index in [4.69, 9.17) is 28.9 Å². The fourth-order valence-corrected chi connectivity index (χ4v) is 6.10. The van der Waals surface area contributed by atoms with E-state index in [1.54, 1.807) is 78.9 Å². The number of hydrogen-bond donors (Lipinski definition) is 1. The smallest absolute Gasteiger partial charge is 0.424 e. The first kappa shape index (κ1) is 41.6. The maximum absolute atomic E-state index is 12.6. The van der Waals surface area contributed by atoms with Crippen LogP contribution < -0.4 is 19.5 Å². The Morgan fingerprint density at radius 2 is 1.28 bits per heavy atom. The molecule has 0 aliphatic carbocycles. The van der Waals surface area contributed by atoms with Gasteiger partial charge in [0, 0.05) is 69.1 Å². The summed E-state index contributed by atoms with van der Waals surface area (Å²) < 4.78 is 28.7. The number of nitrogens with zero attached hydrogens (tertiary/aromatic N) is 7. The molecule has 15 nitrogen and oxygen atoms in total. The van der Waals surface area contributed by atoms with E-state index in [0.717, 1.165) is 31.6 Å². The molecule has 0 unspecified atom stereocenters. The minimum Gasteiger partial charge on any atom is -0.495 e. The molecule has 1 N–H and O–H groups in total. The van der Waals surface area contributed by atoms with Crippen LogP contribution in [0.5, 0.6) is 17.2 Å². The minimum absolute atomic E-state index is 0.125. The van der Waals surface area contributed by atoms with Crippen molar-refractivity contribution in [1.29, 1.82) is 10.5 Å². The summed E-state index contributed by atoms with van der Waals surface area (Å²) in [6.07, 6.45) is 9.58. The van der Waals surface area contributed by atoms with Crippen molar-refractivity contribution in [3.8, 4) is 51.9 Å². The molecule has 0 saturated carbocycles. The van der Waals surface area contributed by atoms with Gasteiger partial charge in [-0.15, -0.1) is 0 Å². The van der Waals surface area contributed by atoms with Gasteiger partial charge in [0.15, 0.2) is 0 Å². The lowest BCUT2D eigenvalue weighted by Crippen LogP contribution is -2.42. The first-order valence-electron chi connectivity index (χ1n) is 18.4. The van der Waals surface area contributed by atoms with Gasteiger partial charge in [-0.25, -0.2) is 24.1 Å². The second-order valence-corrected chi connectivity index (χ2v) is 13.0. The van der Waals surface area contributed by atoms with E-state index in [0.29, 0.717) is 64.6 Å². The second-order valence-electron chi connectivity index (χ2n) is 13.0. The zero-order valence-electron chi connectivity index (χ0n) is 32.5. The van der Waals surface area contributed by atoms with Crippen LogP contribution in [0.3, 0.4) is 0 Å². The molecule has 3 aromatic carbocycles. The van der Waals surface area contributed by atoms with Gasteiger partial charge in [0.25, 0.3) is 0 Å². The molecular formula is C42H46N8O7. The number of benzene rings is 3. The number of para-hydroxylation sites is 1. The van der Waals surface area contributed by atoms with Crippen molar-refractivity contribution in [2.24, 2.45) is 0 Å². The summed E-state index contributed by atoms with van der Waals surface area (Å²) in [4.78, 5) is 35.0. The Balaban J connectivity index is 0.000000182. The summed E-state index contributed by atoms with van der Waals surface area (Å²) in [5, 5.41) is 21.6. The quantitative estimate of drug-likeness (QED) is 0.193. The number of imidazole rings is 2. The highest BCUT2D eigenvalue weighted by Gasteiger charge is 2.24. The van der Waals surface area contributed by atoms with Crippen LogP contribution >= 0.6 is 0 Å². The molecule has 57 heavy (non-hydrogen) atoms. The van der Waals surface area contributed by atoms with Crippen LogP contribution in [0.15, 0.2) is 91.8 Å². The topological polar surface area (TPSA) is 179 Å². The Labute approximate surface area is 331 Å². The van der Waals surface area contributed by atoms with Crippen LogP contribution in [0.4, 0.5) is 9.59 Å². The third kappa shape index (κ3) is 11.3. The molecule has 2 aromatic heterocycles. The van der Waals surface area contributed by atoms with Crippen LogP contribution in [0.2, 0.25) is 0 Å². The minimum atomic E-state index is -0.561. The summed E-state index contributed by atoms with van der Waals surface area (Å²) in [5.41, 5.74) is 3.49. The lowest BCUT2D eigenvalue weighted by molar-refractivity contribution is 0.0528. The summed E-state index contributed by atoms with van der Waals surface area (Å²) in [6, 6.07) is 24.1. The first-order valence-corrected chi connectivity index (χ1v) is 18.4. The van der Waals surface area contributed by atoms with Gasteiger partial charge in [0.05, 0.1) is 36.7 Å². The fourth-order valence-electron chi connectivity index (χ4n) is 6.10. The summed E-state index contributed by atoms with van der Waals surface area (Å²) >= 11 is 0. The Kier molecular flexibility index (Phi) is 15.3. The number of methoxy groups -OCH3 is 2. The predicted octanol–water partition coefficient (Wildman–Crippen LogP) is 6.37. The van der Waals surface area contributed by atoms with Gasteiger partial charge in [-0.05, 0) is 81.3 Å². The van der Waals surface area contributed by atoms with Crippen molar-refractivity contribution < 1.29 is 33.3 Å². The molecule has 4 heterocycles. The van der Waals surface area contributed by atoms with Crippen molar-refractivity contribution in [1.82, 2.24) is 29.3 Å². The number of nitrogens with one attached hydrogen (secondary N) is 1. The third-order valence-electron chi connectivity index (χ3n) is 9.45. The Morgan fingerprint density at radius 3 is 1.77 bits per heavy atom. The monoisotopic (exact) mass is 774 g/mol. The molecule has 0 radical (unpaired) electrons. The van der Waals surface area contributed by atoms with Gasteiger partial charge in [-0.2, -0.15) is 10.5 Å². The predicted molar refractivity (Wildman–Crippen MR) is 211 cm³/mol. The lowest BCUT2D eigenvalue weighted by atomic mass is 10.1. The van der Waals surface area contributed by atoms with E-state index in [2.05, 4.69) is 27.4 Å². The van der Waals surface area contributed by atoms with Gasteiger partial charge < -0.3 is 33.9 Å². The van der Waals surface area contributed by atoms with Crippen molar-refractivity contribution in [2.45, 2.75) is 37.8 Å². The van der Waals surface area contributed by atoms with E-state index in [1.807, 2.05) is 19.2 Å². The summed E-state index contributed by atoms with van der Waals surface area (Å²) in [5.74, 6) is 1.46. The van der Waals surface area contributed by atoms with Crippen molar-refractivity contribution in [3.63, 3.8) is 0 Å². The molecule has 2 aliphatic rings. The van der Waals surface area contributed by atoms with Gasteiger partial charge in [0.2, 0.25) is 0 Å². The number of carbonyl (C=O) groups is 2. The second kappa shape index (κ2) is 21.0. The average molecular weight is 775 g/mol. The number of ether oxygens (including phenoxy) is 5. The zero-order chi connectivity index (χ0) is 40.6. The van der Waals surface area contributed by atoms with E-state index in [1.165, 1.54) is 48.9 Å². The number of hydrogen-bond acceptors (Lipinski definition) is 12.